The third kappa shape index (κ3) is 2.88. The molecule has 0 fully saturated rings. The molecule has 0 radical (unpaired) electrons. The second-order valence-electron chi connectivity index (χ2n) is 4.03. The molecule has 0 saturated carbocycles. The van der Waals surface area contributed by atoms with Crippen molar-refractivity contribution < 1.29 is 0 Å². The van der Waals surface area contributed by atoms with Crippen LogP contribution >= 0.6 is 0 Å². The smallest absolute Gasteiger partial charge is 0.170 e. The number of hydrogen-bond donors (Lipinski definition) is 1. The Balaban J connectivity index is 2.12. The molecule has 1 N–H and O–H groups in total. The van der Waals surface area contributed by atoms with E-state index in [1.54, 1.807) is 4.68 Å². The van der Waals surface area contributed by atoms with E-state index < -0.39 is 0 Å². The van der Waals surface area contributed by atoms with Crippen molar-refractivity contribution in [2.24, 2.45) is 0 Å². The maximum atomic E-state index is 4.04. The van der Waals surface area contributed by atoms with Gasteiger partial charge in [0.2, 0.25) is 0 Å². The van der Waals surface area contributed by atoms with E-state index in [1.807, 2.05) is 30.3 Å². The molecule has 1 unspecified atom stereocenters. The van der Waals surface area contributed by atoms with Crippen LogP contribution in [0.2, 0.25) is 0 Å². The van der Waals surface area contributed by atoms with Crippen LogP contribution in [0.4, 0.5) is 0 Å². The maximum Gasteiger partial charge on any atom is 0.170 e. The van der Waals surface area contributed by atoms with Crippen LogP contribution in [-0.2, 0) is 6.54 Å². The highest BCUT2D eigenvalue weighted by atomic mass is 15.5. The molecule has 1 atom stereocenters. The first-order valence-electron chi connectivity index (χ1n) is 5.87. The van der Waals surface area contributed by atoms with Crippen LogP contribution in [0, 0.1) is 0 Å². The number of tetrazole rings is 1. The number of benzene rings is 1. The van der Waals surface area contributed by atoms with E-state index >= 15 is 0 Å². The molecule has 0 saturated heterocycles. The highest BCUT2D eigenvalue weighted by Crippen LogP contribution is 2.06. The lowest BCUT2D eigenvalue weighted by Gasteiger charge is -2.10. The number of hydrogen-bond acceptors (Lipinski definition) is 4. The van der Waals surface area contributed by atoms with E-state index in [4.69, 9.17) is 0 Å². The molecule has 1 aromatic heterocycles. The lowest BCUT2D eigenvalue weighted by Crippen LogP contribution is -2.26. The van der Waals surface area contributed by atoms with Gasteiger partial charge in [-0.2, -0.15) is 4.68 Å². The van der Waals surface area contributed by atoms with Crippen molar-refractivity contribution in [2.75, 3.05) is 0 Å². The van der Waals surface area contributed by atoms with Crippen LogP contribution < -0.4 is 5.32 Å². The van der Waals surface area contributed by atoms with Crippen molar-refractivity contribution in [2.45, 2.75) is 32.9 Å². The van der Waals surface area contributed by atoms with E-state index in [0.29, 0.717) is 12.6 Å². The summed E-state index contributed by atoms with van der Waals surface area (Å²) < 4.78 is 1.76. The van der Waals surface area contributed by atoms with Crippen LogP contribution in [0.25, 0.3) is 5.69 Å². The van der Waals surface area contributed by atoms with E-state index in [2.05, 4.69) is 34.7 Å². The van der Waals surface area contributed by atoms with Gasteiger partial charge in [-0.3, -0.25) is 0 Å². The van der Waals surface area contributed by atoms with Crippen LogP contribution in [0.5, 0.6) is 0 Å². The normalized spacial score (nSPS) is 12.6. The molecule has 5 nitrogen and oxygen atoms in total. The first-order chi connectivity index (χ1) is 8.31. The summed E-state index contributed by atoms with van der Waals surface area (Å²) in [6.07, 6.45) is 1.09. The SMILES string of the molecule is CCC(C)NCc1nnnn1-c1ccccc1. The lowest BCUT2D eigenvalue weighted by atomic mass is 10.2. The molecule has 2 rings (SSSR count). The van der Waals surface area contributed by atoms with E-state index in [9.17, 15) is 0 Å². The molecule has 5 heteroatoms. The monoisotopic (exact) mass is 231 g/mol. The van der Waals surface area contributed by atoms with E-state index in [0.717, 1.165) is 17.9 Å². The third-order valence-electron chi connectivity index (χ3n) is 2.76. The first-order valence-corrected chi connectivity index (χ1v) is 5.87. The lowest BCUT2D eigenvalue weighted by molar-refractivity contribution is 0.517. The van der Waals surface area contributed by atoms with Crippen LogP contribution in [0.1, 0.15) is 26.1 Å². The molecule has 0 aliphatic carbocycles. The minimum atomic E-state index is 0.468. The average molecular weight is 231 g/mol. The fourth-order valence-corrected chi connectivity index (χ4v) is 1.50. The second kappa shape index (κ2) is 5.54. The molecule has 2 aromatic rings. The van der Waals surface area contributed by atoms with Crippen molar-refractivity contribution in [1.29, 1.82) is 0 Å². The summed E-state index contributed by atoms with van der Waals surface area (Å²) in [6, 6.07) is 10.4. The minimum absolute atomic E-state index is 0.468. The molecule has 0 aliphatic rings. The van der Waals surface area contributed by atoms with Crippen molar-refractivity contribution in [3.05, 3.63) is 36.2 Å². The predicted molar refractivity (Wildman–Crippen MR) is 65.7 cm³/mol. The highest BCUT2D eigenvalue weighted by molar-refractivity contribution is 5.30. The van der Waals surface area contributed by atoms with Gasteiger partial charge in [0, 0.05) is 6.04 Å². The standard InChI is InChI=1S/C12H17N5/c1-3-10(2)13-9-12-14-15-16-17(12)11-7-5-4-6-8-11/h4-8,10,13H,3,9H2,1-2H3. The second-order valence-corrected chi connectivity index (χ2v) is 4.03. The Morgan fingerprint density at radius 2 is 2.06 bits per heavy atom. The summed E-state index contributed by atoms with van der Waals surface area (Å²) in [6.45, 7) is 4.98. The Morgan fingerprint density at radius 1 is 1.29 bits per heavy atom. The van der Waals surface area contributed by atoms with Gasteiger partial charge >= 0.3 is 0 Å². The Bertz CT molecular complexity index is 451. The molecule has 17 heavy (non-hydrogen) atoms. The molecule has 1 heterocycles. The maximum absolute atomic E-state index is 4.04. The van der Waals surface area contributed by atoms with Gasteiger partial charge in [0.15, 0.2) is 5.82 Å². The largest absolute Gasteiger partial charge is 0.307 e. The molecule has 0 aliphatic heterocycles. The summed E-state index contributed by atoms with van der Waals surface area (Å²) in [5.74, 6) is 0.830. The highest BCUT2D eigenvalue weighted by Gasteiger charge is 2.08. The summed E-state index contributed by atoms with van der Waals surface area (Å²) in [5.41, 5.74) is 0.985. The molecular formula is C12H17N5. The number of nitrogens with zero attached hydrogens (tertiary/aromatic N) is 4. The van der Waals surface area contributed by atoms with Gasteiger partial charge in [-0.1, -0.05) is 25.1 Å². The predicted octanol–water partition coefficient (Wildman–Crippen LogP) is 1.55. The van der Waals surface area contributed by atoms with Gasteiger partial charge in [0.1, 0.15) is 0 Å². The van der Waals surface area contributed by atoms with Gasteiger partial charge in [-0.25, -0.2) is 0 Å². The number of para-hydroxylation sites is 1. The molecular weight excluding hydrogens is 214 g/mol. The van der Waals surface area contributed by atoms with Crippen LogP contribution in [0.15, 0.2) is 30.3 Å². The van der Waals surface area contributed by atoms with E-state index in [1.165, 1.54) is 0 Å². The zero-order valence-corrected chi connectivity index (χ0v) is 10.2. The zero-order chi connectivity index (χ0) is 12.1. The molecule has 0 bridgehead atoms. The van der Waals surface area contributed by atoms with Crippen molar-refractivity contribution >= 4 is 0 Å². The molecule has 1 aromatic carbocycles. The fourth-order valence-electron chi connectivity index (χ4n) is 1.50. The van der Waals surface area contributed by atoms with Crippen LogP contribution in [-0.4, -0.2) is 26.2 Å². The minimum Gasteiger partial charge on any atom is -0.307 e. The number of aromatic nitrogens is 4. The Labute approximate surface area is 101 Å². The summed E-state index contributed by atoms with van der Waals surface area (Å²) in [5, 5.41) is 15.2. The van der Waals surface area contributed by atoms with Gasteiger partial charge in [0.05, 0.1) is 12.2 Å². The molecule has 0 spiro atoms. The van der Waals surface area contributed by atoms with Crippen molar-refractivity contribution in [1.82, 2.24) is 25.5 Å². The fraction of sp³-hybridized carbons (Fsp3) is 0.417. The molecule has 0 amide bonds. The van der Waals surface area contributed by atoms with E-state index in [-0.39, 0.29) is 0 Å². The topological polar surface area (TPSA) is 55.6 Å². The molecule has 90 valence electrons. The number of rotatable bonds is 5. The van der Waals surface area contributed by atoms with Gasteiger partial charge < -0.3 is 5.32 Å². The van der Waals surface area contributed by atoms with Crippen molar-refractivity contribution in [3.63, 3.8) is 0 Å². The first kappa shape index (κ1) is 11.7. The Hall–Kier alpha value is -1.75. The summed E-state index contributed by atoms with van der Waals surface area (Å²) >= 11 is 0. The summed E-state index contributed by atoms with van der Waals surface area (Å²) in [4.78, 5) is 0. The quantitative estimate of drug-likeness (QED) is 0.848. The zero-order valence-electron chi connectivity index (χ0n) is 10.2. The Kier molecular flexibility index (Phi) is 3.82. The number of nitrogens with one attached hydrogen (secondary N) is 1. The summed E-state index contributed by atoms with van der Waals surface area (Å²) in [7, 11) is 0. The average Bonchev–Trinajstić information content (AvgIpc) is 2.85. The van der Waals surface area contributed by atoms with Gasteiger partial charge in [-0.15, -0.1) is 5.10 Å². The van der Waals surface area contributed by atoms with Gasteiger partial charge in [-0.05, 0) is 35.9 Å². The van der Waals surface area contributed by atoms with Gasteiger partial charge in [0.25, 0.3) is 0 Å². The van der Waals surface area contributed by atoms with Crippen molar-refractivity contribution in [3.8, 4) is 5.69 Å². The third-order valence-corrected chi connectivity index (χ3v) is 2.76. The Morgan fingerprint density at radius 3 is 2.76 bits per heavy atom. The van der Waals surface area contributed by atoms with Crippen LogP contribution in [0.3, 0.4) is 0 Å².